The summed E-state index contributed by atoms with van der Waals surface area (Å²) in [5.41, 5.74) is -1.97. The monoisotopic (exact) mass is 358 g/mol. The molecule has 2 aromatic carbocycles. The minimum absolute atomic E-state index is 0.120. The number of hydrogen-bond acceptors (Lipinski definition) is 2. The number of hydrogen-bond donors (Lipinski definition) is 2. The molecule has 1 amide bonds. The largest absolute Gasteiger partial charge is 0.416 e. The van der Waals surface area contributed by atoms with Crippen molar-refractivity contribution in [1.29, 1.82) is 0 Å². The first kappa shape index (κ1) is 18.7. The maximum Gasteiger partial charge on any atom is 0.416 e. The van der Waals surface area contributed by atoms with E-state index < -0.39 is 34.8 Å². The van der Waals surface area contributed by atoms with Gasteiger partial charge in [-0.2, -0.15) is 13.2 Å². The molecule has 0 fully saturated rings. The van der Waals surface area contributed by atoms with Crippen molar-refractivity contribution in [2.45, 2.75) is 26.1 Å². The van der Waals surface area contributed by atoms with Crippen molar-refractivity contribution in [1.82, 2.24) is 0 Å². The third-order valence-electron chi connectivity index (χ3n) is 3.16. The molecule has 0 unspecified atom stereocenters. The lowest BCUT2D eigenvalue weighted by Crippen LogP contribution is -2.17. The van der Waals surface area contributed by atoms with E-state index in [0.717, 1.165) is 24.3 Å². The molecule has 0 aliphatic carbocycles. The molecule has 2 aromatic rings. The highest BCUT2D eigenvalue weighted by molar-refractivity contribution is 6.04. The molecule has 2 rings (SSSR count). The molecule has 0 atom stereocenters. The van der Waals surface area contributed by atoms with Crippen molar-refractivity contribution in [3.8, 4) is 0 Å². The van der Waals surface area contributed by atoms with Gasteiger partial charge in [-0.05, 0) is 44.2 Å². The topological polar surface area (TPSA) is 41.1 Å². The highest BCUT2D eigenvalue weighted by Crippen LogP contribution is 2.33. The summed E-state index contributed by atoms with van der Waals surface area (Å²) in [7, 11) is 0. The molecule has 8 heteroatoms. The standard InChI is InChI=1S/C17H15F5N2O/c1-9(2)23-11-6-10(17(20,21)22)7-12(8-11)24-16(25)15-13(18)4-3-5-14(15)19/h3-9,23H,1-2H3,(H,24,25). The minimum atomic E-state index is -4.64. The molecule has 0 aliphatic rings. The fourth-order valence-corrected chi connectivity index (χ4v) is 2.19. The summed E-state index contributed by atoms with van der Waals surface area (Å²) in [5.74, 6) is -3.39. The molecule has 0 bridgehead atoms. The molecular formula is C17H15F5N2O. The first-order valence-electron chi connectivity index (χ1n) is 7.32. The van der Waals surface area contributed by atoms with Gasteiger partial charge in [0.15, 0.2) is 0 Å². The van der Waals surface area contributed by atoms with Crippen LogP contribution >= 0.6 is 0 Å². The number of carbonyl (C=O) groups is 1. The van der Waals surface area contributed by atoms with Gasteiger partial charge in [0.2, 0.25) is 0 Å². The normalized spacial score (nSPS) is 11.5. The van der Waals surface area contributed by atoms with E-state index in [1.807, 2.05) is 0 Å². The van der Waals surface area contributed by atoms with E-state index in [4.69, 9.17) is 0 Å². The van der Waals surface area contributed by atoms with Crippen LogP contribution in [0.15, 0.2) is 36.4 Å². The van der Waals surface area contributed by atoms with E-state index in [2.05, 4.69) is 10.6 Å². The SMILES string of the molecule is CC(C)Nc1cc(NC(=O)c2c(F)cccc2F)cc(C(F)(F)F)c1. The number of anilines is 2. The van der Waals surface area contributed by atoms with Gasteiger partial charge < -0.3 is 10.6 Å². The second-order valence-corrected chi connectivity index (χ2v) is 5.65. The average Bonchev–Trinajstić information content (AvgIpc) is 2.45. The van der Waals surface area contributed by atoms with Gasteiger partial charge in [-0.1, -0.05) is 6.07 Å². The Balaban J connectivity index is 2.39. The van der Waals surface area contributed by atoms with Crippen LogP contribution in [0.1, 0.15) is 29.8 Å². The zero-order valence-electron chi connectivity index (χ0n) is 13.3. The second kappa shape index (κ2) is 7.08. The number of carbonyl (C=O) groups excluding carboxylic acids is 1. The summed E-state index contributed by atoms with van der Waals surface area (Å²) in [5, 5.41) is 4.90. The minimum Gasteiger partial charge on any atom is -0.383 e. The van der Waals surface area contributed by atoms with E-state index in [9.17, 15) is 26.7 Å². The van der Waals surface area contributed by atoms with Crippen LogP contribution in [0.4, 0.5) is 33.3 Å². The molecule has 0 radical (unpaired) electrons. The molecule has 0 aliphatic heterocycles. The molecule has 2 N–H and O–H groups in total. The molecule has 0 saturated heterocycles. The van der Waals surface area contributed by atoms with Crippen molar-refractivity contribution in [3.05, 3.63) is 59.2 Å². The Morgan fingerprint density at radius 1 is 1.00 bits per heavy atom. The quantitative estimate of drug-likeness (QED) is 0.751. The lowest BCUT2D eigenvalue weighted by Gasteiger charge is -2.16. The number of alkyl halides is 3. The summed E-state index contributed by atoms with van der Waals surface area (Å²) in [6, 6.07) is 5.53. The van der Waals surface area contributed by atoms with E-state index in [0.29, 0.717) is 6.07 Å². The van der Waals surface area contributed by atoms with E-state index in [1.165, 1.54) is 6.07 Å². The zero-order valence-corrected chi connectivity index (χ0v) is 13.3. The van der Waals surface area contributed by atoms with Crippen LogP contribution in [-0.2, 0) is 6.18 Å². The van der Waals surface area contributed by atoms with Crippen LogP contribution in [0.25, 0.3) is 0 Å². The van der Waals surface area contributed by atoms with Gasteiger partial charge >= 0.3 is 6.18 Å². The molecule has 134 valence electrons. The number of benzene rings is 2. The van der Waals surface area contributed by atoms with Crippen LogP contribution in [0.3, 0.4) is 0 Å². The van der Waals surface area contributed by atoms with Gasteiger partial charge in [-0.15, -0.1) is 0 Å². The van der Waals surface area contributed by atoms with Gasteiger partial charge in [-0.3, -0.25) is 4.79 Å². The molecule has 25 heavy (non-hydrogen) atoms. The zero-order chi connectivity index (χ0) is 18.8. The number of rotatable bonds is 4. The maximum atomic E-state index is 13.6. The second-order valence-electron chi connectivity index (χ2n) is 5.65. The lowest BCUT2D eigenvalue weighted by atomic mass is 10.1. The van der Waals surface area contributed by atoms with Crippen LogP contribution in [0, 0.1) is 11.6 Å². The smallest absolute Gasteiger partial charge is 0.383 e. The molecule has 0 saturated carbocycles. The maximum absolute atomic E-state index is 13.6. The van der Waals surface area contributed by atoms with Crippen LogP contribution in [0.5, 0.6) is 0 Å². The van der Waals surface area contributed by atoms with Crippen LogP contribution in [0.2, 0.25) is 0 Å². The first-order chi connectivity index (χ1) is 11.6. The van der Waals surface area contributed by atoms with Crippen molar-refractivity contribution < 1.29 is 26.7 Å². The fourth-order valence-electron chi connectivity index (χ4n) is 2.19. The summed E-state index contributed by atoms with van der Waals surface area (Å²) in [6.45, 7) is 3.46. The fraction of sp³-hybridized carbons (Fsp3) is 0.235. The summed E-state index contributed by atoms with van der Waals surface area (Å²) >= 11 is 0. The molecule has 0 aromatic heterocycles. The molecular weight excluding hydrogens is 343 g/mol. The van der Waals surface area contributed by atoms with Crippen LogP contribution < -0.4 is 10.6 Å². The average molecular weight is 358 g/mol. The Morgan fingerprint density at radius 2 is 1.56 bits per heavy atom. The Labute approximate surface area is 140 Å². The van der Waals surface area contributed by atoms with Gasteiger partial charge in [0.05, 0.1) is 5.56 Å². The third-order valence-corrected chi connectivity index (χ3v) is 3.16. The molecule has 0 spiro atoms. The summed E-state index contributed by atoms with van der Waals surface area (Å²) in [6.07, 6.45) is -4.64. The highest BCUT2D eigenvalue weighted by Gasteiger charge is 2.31. The Hall–Kier alpha value is -2.64. The predicted octanol–water partition coefficient (Wildman–Crippen LogP) is 5.06. The lowest BCUT2D eigenvalue weighted by molar-refractivity contribution is -0.137. The first-order valence-corrected chi connectivity index (χ1v) is 7.32. The molecule has 3 nitrogen and oxygen atoms in total. The van der Waals surface area contributed by atoms with E-state index >= 15 is 0 Å². The highest BCUT2D eigenvalue weighted by atomic mass is 19.4. The van der Waals surface area contributed by atoms with Crippen molar-refractivity contribution in [3.63, 3.8) is 0 Å². The van der Waals surface area contributed by atoms with Crippen molar-refractivity contribution in [2.24, 2.45) is 0 Å². The predicted molar refractivity (Wildman–Crippen MR) is 84.5 cm³/mol. The third kappa shape index (κ3) is 4.68. The number of halogens is 5. The Bertz CT molecular complexity index is 767. The van der Waals surface area contributed by atoms with Crippen molar-refractivity contribution >= 4 is 17.3 Å². The van der Waals surface area contributed by atoms with Gasteiger partial charge in [0, 0.05) is 17.4 Å². The number of amides is 1. The van der Waals surface area contributed by atoms with Crippen LogP contribution in [-0.4, -0.2) is 11.9 Å². The summed E-state index contributed by atoms with van der Waals surface area (Å²) in [4.78, 5) is 12.1. The summed E-state index contributed by atoms with van der Waals surface area (Å²) < 4.78 is 66.3. The molecule has 0 heterocycles. The van der Waals surface area contributed by atoms with Crippen molar-refractivity contribution in [2.75, 3.05) is 10.6 Å². The Kier molecular flexibility index (Phi) is 5.30. The Morgan fingerprint density at radius 3 is 2.08 bits per heavy atom. The van der Waals surface area contributed by atoms with Gasteiger partial charge in [0.1, 0.15) is 17.2 Å². The van der Waals surface area contributed by atoms with E-state index in [1.54, 1.807) is 13.8 Å². The number of nitrogens with one attached hydrogen (secondary N) is 2. The van der Waals surface area contributed by atoms with Gasteiger partial charge in [-0.25, -0.2) is 8.78 Å². The van der Waals surface area contributed by atoms with E-state index in [-0.39, 0.29) is 17.4 Å². The van der Waals surface area contributed by atoms with Gasteiger partial charge in [0.25, 0.3) is 5.91 Å².